The Morgan fingerprint density at radius 3 is 2.20 bits per heavy atom. The van der Waals surface area contributed by atoms with Crippen LogP contribution in [0.5, 0.6) is 5.75 Å². The van der Waals surface area contributed by atoms with Crippen LogP contribution >= 0.6 is 0 Å². The number of carbonyl (C=O) groups is 1. The van der Waals surface area contributed by atoms with Crippen LogP contribution in [0.2, 0.25) is 0 Å². The quantitative estimate of drug-likeness (QED) is 0.0447. The van der Waals surface area contributed by atoms with Gasteiger partial charge in [-0.2, -0.15) is 37.0 Å². The first-order chi connectivity index (χ1) is 21.0. The van der Waals surface area contributed by atoms with Crippen LogP contribution in [0.25, 0.3) is 11.1 Å². The van der Waals surface area contributed by atoms with E-state index in [1.165, 1.54) is 50.2 Å². The topological polar surface area (TPSA) is 81.4 Å². The number of alkyl halides is 9. The molecule has 0 aliphatic heterocycles. The first-order valence-corrected chi connectivity index (χ1v) is 12.5. The van der Waals surface area contributed by atoms with Gasteiger partial charge in [-0.05, 0) is 54.5 Å². The second-order valence-corrected chi connectivity index (χ2v) is 9.13. The van der Waals surface area contributed by atoms with Gasteiger partial charge in [-0.3, -0.25) is 9.18 Å². The van der Waals surface area contributed by atoms with Crippen molar-refractivity contribution in [1.82, 2.24) is 10.0 Å². The van der Waals surface area contributed by atoms with Gasteiger partial charge >= 0.3 is 12.4 Å². The minimum absolute atomic E-state index is 0.0518. The zero-order valence-electron chi connectivity index (χ0n) is 24.5. The summed E-state index contributed by atoms with van der Waals surface area (Å²) in [6.45, 7) is 3.47. The number of benzene rings is 2. The lowest BCUT2D eigenvalue weighted by molar-refractivity contribution is -0.137. The molecule has 246 valence electrons. The fraction of sp³-hybridized carbons (Fsp3) is 0.310. The van der Waals surface area contributed by atoms with Gasteiger partial charge in [0, 0.05) is 35.4 Å². The van der Waals surface area contributed by atoms with Gasteiger partial charge in [0.1, 0.15) is 18.4 Å². The summed E-state index contributed by atoms with van der Waals surface area (Å²) >= 11 is 0. The van der Waals surface area contributed by atoms with Crippen molar-refractivity contribution in [3.63, 3.8) is 0 Å². The predicted molar refractivity (Wildman–Crippen MR) is 151 cm³/mol. The van der Waals surface area contributed by atoms with Crippen LogP contribution in [-0.4, -0.2) is 63.1 Å². The number of halogens is 9. The summed E-state index contributed by atoms with van der Waals surface area (Å²) in [7, 11) is 3.11. The van der Waals surface area contributed by atoms with E-state index in [0.29, 0.717) is 13.5 Å². The number of hydrogen-bond donors (Lipinski definition) is 1. The van der Waals surface area contributed by atoms with Crippen LogP contribution in [0.3, 0.4) is 0 Å². The van der Waals surface area contributed by atoms with E-state index in [-0.39, 0.29) is 52.7 Å². The number of hydrogen-bond acceptors (Lipinski definition) is 5. The van der Waals surface area contributed by atoms with E-state index in [0.717, 1.165) is 29.7 Å². The van der Waals surface area contributed by atoms with Crippen LogP contribution in [0.1, 0.15) is 28.4 Å². The molecule has 2 rings (SSSR count). The van der Waals surface area contributed by atoms with Gasteiger partial charge in [-0.1, -0.05) is 29.5 Å². The molecule has 0 saturated carbocycles. The maximum Gasteiger partial charge on any atom is 0.416 e. The molecule has 0 unspecified atom stereocenters. The number of rotatable bonds is 13. The largest absolute Gasteiger partial charge is 0.496 e. The summed E-state index contributed by atoms with van der Waals surface area (Å²) in [4.78, 5) is 12.7. The van der Waals surface area contributed by atoms with Gasteiger partial charge in [0.05, 0.1) is 26.9 Å². The minimum atomic E-state index is -4.94. The first kappa shape index (κ1) is 38.4. The van der Waals surface area contributed by atoms with Crippen molar-refractivity contribution in [2.24, 2.45) is 10.3 Å². The molecule has 0 aliphatic rings. The van der Waals surface area contributed by atoms with Crippen molar-refractivity contribution in [2.75, 3.05) is 27.9 Å². The summed E-state index contributed by atoms with van der Waals surface area (Å²) in [5.41, 5.74) is 4.44. The van der Waals surface area contributed by atoms with E-state index in [4.69, 9.17) is 10.3 Å². The van der Waals surface area contributed by atoms with Crippen molar-refractivity contribution >= 4 is 12.6 Å². The third-order valence-corrected chi connectivity index (χ3v) is 5.81. The number of allylic oxidation sites excluding steroid dienone is 4. The third kappa shape index (κ3) is 11.8. The first-order valence-electron chi connectivity index (χ1n) is 12.5. The van der Waals surface area contributed by atoms with E-state index < -0.39 is 35.5 Å². The average molecular weight is 652 g/mol. The molecule has 0 amide bonds. The molecule has 0 atom stereocenters. The number of methoxy groups -OCH3 is 1. The number of nitrogens with one attached hydrogen (secondary N) is 1. The number of nitrogens with zero attached hydrogens (tertiary/aromatic N) is 4. The van der Waals surface area contributed by atoms with E-state index in [2.05, 4.69) is 16.9 Å². The molecule has 0 spiro atoms. The highest BCUT2D eigenvalue weighted by molar-refractivity contribution is 5.83. The number of carbonyl (C=O) groups excluding carboxylic acids is 1. The fourth-order valence-electron chi connectivity index (χ4n) is 3.80. The molecule has 45 heavy (non-hydrogen) atoms. The van der Waals surface area contributed by atoms with E-state index in [1.54, 1.807) is 0 Å². The Morgan fingerprint density at radius 2 is 1.69 bits per heavy atom. The number of hydrazone groups is 1. The second-order valence-electron chi connectivity index (χ2n) is 9.13. The second kappa shape index (κ2) is 17.0. The van der Waals surface area contributed by atoms with E-state index >= 15 is 0 Å². The Balaban J connectivity index is 0.00000496. The molecule has 2 aromatic carbocycles. The average Bonchev–Trinajstić information content (AvgIpc) is 2.98. The highest BCUT2D eigenvalue weighted by Crippen LogP contribution is 2.38. The molecule has 0 aliphatic carbocycles. The summed E-state index contributed by atoms with van der Waals surface area (Å²) in [5, 5.41) is 7.70. The monoisotopic (exact) mass is 651 g/mol. The zero-order valence-corrected chi connectivity index (χ0v) is 24.5. The molecule has 0 heterocycles. The Morgan fingerprint density at radius 1 is 1.04 bits per heavy atom. The normalized spacial score (nSPS) is 12.5. The van der Waals surface area contributed by atoms with Crippen LogP contribution in [0.15, 0.2) is 82.2 Å². The molecular weight excluding hydrogens is 621 g/mol. The summed E-state index contributed by atoms with van der Waals surface area (Å²) in [6, 6.07) is 7.22. The summed E-state index contributed by atoms with van der Waals surface area (Å²) in [5.74, 6) is 0.243. The molecule has 16 heteroatoms. The SMILES string of the molecule is C=C(/C=C(\C=C(/C)CN(/C=N/N(C)N=N)Cc1cc(C(F)(F)F)ccc1-c1cc(C=O)ccc1OC)C(F)F)C(F)(F)F.CF. The van der Waals surface area contributed by atoms with Crippen LogP contribution in [-0.2, 0) is 12.7 Å². The highest BCUT2D eigenvalue weighted by Gasteiger charge is 2.32. The van der Waals surface area contributed by atoms with Crippen molar-refractivity contribution in [2.45, 2.75) is 32.2 Å². The Kier molecular flexibility index (Phi) is 14.5. The molecule has 0 saturated heterocycles. The molecule has 2 aromatic rings. The molecular formula is C29H30F9N5O2. The minimum Gasteiger partial charge on any atom is -0.496 e. The molecule has 1 N–H and O–H groups in total. The van der Waals surface area contributed by atoms with Gasteiger partial charge in [0.15, 0.2) is 0 Å². The summed E-state index contributed by atoms with van der Waals surface area (Å²) < 4.78 is 122. The van der Waals surface area contributed by atoms with Crippen LogP contribution in [0.4, 0.5) is 39.5 Å². The molecule has 7 nitrogen and oxygen atoms in total. The molecule has 0 fully saturated rings. The lowest BCUT2D eigenvalue weighted by atomic mass is 9.95. The predicted octanol–water partition coefficient (Wildman–Crippen LogP) is 8.66. The Hall–Kier alpha value is -4.63. The van der Waals surface area contributed by atoms with Gasteiger partial charge in [0.2, 0.25) is 0 Å². The standard InChI is InChI=1S/C28H27F8N5O2.CH3F/c1-17(9-20(26(29)30)10-18(2)27(31,32)33)13-41(16-38-40(3)39-37)14-21-12-22(28(34,35)36)6-7-23(21)24-11-19(15-42)5-8-25(24)43-4;1-2/h5-12,15-16,26,37H,2,13-14H2,1,3-4H3;1H3/b17-9+,20-10+,38-16+,39-37?;. The van der Waals surface area contributed by atoms with Gasteiger partial charge in [-0.25, -0.2) is 8.78 Å². The lowest BCUT2D eigenvalue weighted by Gasteiger charge is -2.24. The summed E-state index contributed by atoms with van der Waals surface area (Å²) in [6.07, 6.45) is -10.3. The number of ether oxygens (including phenoxy) is 1. The maximum atomic E-state index is 13.7. The van der Waals surface area contributed by atoms with Crippen molar-refractivity contribution in [3.05, 3.63) is 88.5 Å². The van der Waals surface area contributed by atoms with Gasteiger partial charge < -0.3 is 9.64 Å². The smallest absolute Gasteiger partial charge is 0.416 e. The molecule has 0 radical (unpaired) electrons. The molecule has 0 bridgehead atoms. The Labute approximate surface area is 253 Å². The fourth-order valence-corrected chi connectivity index (χ4v) is 3.80. The van der Waals surface area contributed by atoms with E-state index in [9.17, 15) is 44.3 Å². The number of aldehydes is 1. The van der Waals surface area contributed by atoms with Crippen molar-refractivity contribution in [3.8, 4) is 16.9 Å². The van der Waals surface area contributed by atoms with E-state index in [1.807, 2.05) is 0 Å². The Bertz CT molecular complexity index is 1420. The highest BCUT2D eigenvalue weighted by atomic mass is 19.4. The van der Waals surface area contributed by atoms with Gasteiger partial charge in [0.25, 0.3) is 6.43 Å². The van der Waals surface area contributed by atoms with Crippen LogP contribution < -0.4 is 4.74 Å². The van der Waals surface area contributed by atoms with Gasteiger partial charge in [-0.15, -0.1) is 5.10 Å². The van der Waals surface area contributed by atoms with Crippen molar-refractivity contribution in [1.29, 1.82) is 5.53 Å². The third-order valence-electron chi connectivity index (χ3n) is 5.81. The lowest BCUT2D eigenvalue weighted by Crippen LogP contribution is -2.25. The maximum absolute atomic E-state index is 13.7. The van der Waals surface area contributed by atoms with Crippen molar-refractivity contribution < 1.29 is 49.0 Å². The van der Waals surface area contributed by atoms with Crippen LogP contribution in [0, 0.1) is 5.53 Å². The zero-order chi connectivity index (χ0) is 34.5. The molecule has 0 aromatic heterocycles.